The molecule has 4 aromatic rings. The summed E-state index contributed by atoms with van der Waals surface area (Å²) in [5.74, 6) is 2.47. The molecule has 3 aromatic heterocycles. The number of carbonyl (C=O) groups excluding carboxylic acids is 1. The molecule has 2 N–H and O–H groups in total. The summed E-state index contributed by atoms with van der Waals surface area (Å²) in [6.45, 7) is 10.9. The number of rotatable bonds is 6. The van der Waals surface area contributed by atoms with E-state index in [1.165, 1.54) is 64.4 Å². The van der Waals surface area contributed by atoms with Crippen LogP contribution < -0.4 is 15.5 Å². The number of fused-ring (bicyclic) bond motifs is 3. The Kier molecular flexibility index (Phi) is 7.48. The van der Waals surface area contributed by atoms with Crippen molar-refractivity contribution in [2.45, 2.75) is 97.2 Å². The van der Waals surface area contributed by atoms with E-state index in [2.05, 4.69) is 85.5 Å². The van der Waals surface area contributed by atoms with Crippen molar-refractivity contribution in [1.29, 1.82) is 0 Å². The molecule has 1 saturated heterocycles. The van der Waals surface area contributed by atoms with Gasteiger partial charge >= 0.3 is 0 Å². The van der Waals surface area contributed by atoms with Crippen molar-refractivity contribution in [3.8, 4) is 5.00 Å². The number of anilines is 1. The maximum atomic E-state index is 12.6. The molecule has 240 valence electrons. The van der Waals surface area contributed by atoms with E-state index in [0.29, 0.717) is 17.0 Å². The quantitative estimate of drug-likeness (QED) is 0.256. The molecule has 2 saturated carbocycles. The van der Waals surface area contributed by atoms with Crippen molar-refractivity contribution in [3.63, 3.8) is 0 Å². The predicted octanol–water partition coefficient (Wildman–Crippen LogP) is 6.32. The second kappa shape index (κ2) is 11.6. The number of nitrogens with zero attached hydrogens (tertiary/aromatic N) is 6. The molecule has 1 amide bonds. The Morgan fingerprint density at radius 1 is 0.978 bits per heavy atom. The van der Waals surface area contributed by atoms with E-state index in [0.717, 1.165) is 49.7 Å². The molecule has 2 aliphatic heterocycles. The lowest BCUT2D eigenvalue weighted by Crippen LogP contribution is -2.62. The lowest BCUT2D eigenvalue weighted by molar-refractivity contribution is 0.0234. The van der Waals surface area contributed by atoms with Crippen molar-refractivity contribution in [2.75, 3.05) is 18.0 Å². The molecule has 3 fully saturated rings. The van der Waals surface area contributed by atoms with Gasteiger partial charge in [-0.15, -0.1) is 26.6 Å². The Hall–Kier alpha value is -3.63. The highest BCUT2D eigenvalue weighted by molar-refractivity contribution is 7.14. The largest absolute Gasteiger partial charge is 0.370 e. The Bertz CT molecular complexity index is 1740. The second-order valence-corrected chi connectivity index (χ2v) is 15.6. The van der Waals surface area contributed by atoms with Crippen LogP contribution >= 0.6 is 11.3 Å². The molecule has 5 heterocycles. The van der Waals surface area contributed by atoms with Gasteiger partial charge in [0.25, 0.3) is 5.91 Å². The first-order chi connectivity index (χ1) is 22.3. The van der Waals surface area contributed by atoms with Gasteiger partial charge in [-0.3, -0.25) is 14.7 Å². The monoisotopic (exact) mass is 636 g/mol. The number of nitrogens with one attached hydrogen (secondary N) is 2. The molecule has 4 aliphatic rings. The molecule has 2 atom stereocenters. The van der Waals surface area contributed by atoms with Gasteiger partial charge < -0.3 is 10.2 Å². The van der Waals surface area contributed by atoms with E-state index >= 15 is 0 Å². The zero-order chi connectivity index (χ0) is 31.6. The number of aryl methyl sites for hydroxylation is 2. The first kappa shape index (κ1) is 29.8. The predicted molar refractivity (Wildman–Crippen MR) is 181 cm³/mol. The van der Waals surface area contributed by atoms with Crippen LogP contribution in [-0.4, -0.2) is 50.0 Å². The van der Waals surface area contributed by atoms with Crippen LogP contribution in [0.25, 0.3) is 5.00 Å². The summed E-state index contributed by atoms with van der Waals surface area (Å²) < 4.78 is 2.25. The molecule has 9 nitrogen and oxygen atoms in total. The van der Waals surface area contributed by atoms with Gasteiger partial charge in [-0.1, -0.05) is 31.4 Å². The van der Waals surface area contributed by atoms with E-state index in [1.807, 2.05) is 30.4 Å². The van der Waals surface area contributed by atoms with Gasteiger partial charge in [0, 0.05) is 40.7 Å². The SMILES string of the molecule is Cc1sc2c(c1C)C(c1ccc(N3CC4(CC(Cc5ccc(C(=O)NC6CCCCC6)nn5)C4)C3)cc1)NC(C)c1nnc(C)n1-2. The zero-order valence-corrected chi connectivity index (χ0v) is 28.2. The summed E-state index contributed by atoms with van der Waals surface area (Å²) in [7, 11) is 0. The van der Waals surface area contributed by atoms with Gasteiger partial charge in [-0.05, 0) is 101 Å². The molecule has 1 spiro atoms. The fourth-order valence-electron chi connectivity index (χ4n) is 8.50. The molecule has 10 heteroatoms. The standard InChI is InChI=1S/C36H44N8OS/c1-21-23(3)46-35-31(21)32(37-22(2)33-42-39-24(4)44(33)35)26-10-13-29(14-11-26)43-19-36(20-43)17-25(18-36)16-28-12-15-30(41-40-28)34(45)38-27-8-6-5-7-9-27/h10-15,22,25,27,32,37H,5-9,16-20H2,1-4H3,(H,38,45). The molecular formula is C36H44N8OS. The fraction of sp³-hybridized carbons (Fsp3) is 0.528. The van der Waals surface area contributed by atoms with Crippen LogP contribution in [0.2, 0.25) is 0 Å². The third kappa shape index (κ3) is 5.23. The summed E-state index contributed by atoms with van der Waals surface area (Å²) in [6.07, 6.45) is 9.23. The number of thiophene rings is 1. The Balaban J connectivity index is 0.872. The molecule has 8 rings (SSSR count). The van der Waals surface area contributed by atoms with Crippen LogP contribution in [0.15, 0.2) is 36.4 Å². The van der Waals surface area contributed by atoms with Crippen LogP contribution in [0, 0.1) is 32.1 Å². The number of amides is 1. The average molecular weight is 637 g/mol. The normalized spacial score (nSPS) is 22.5. The van der Waals surface area contributed by atoms with Crippen molar-refractivity contribution in [1.82, 2.24) is 35.6 Å². The van der Waals surface area contributed by atoms with E-state index in [4.69, 9.17) is 0 Å². The number of aromatic nitrogens is 5. The van der Waals surface area contributed by atoms with Gasteiger partial charge in [0.05, 0.1) is 17.8 Å². The third-order valence-electron chi connectivity index (χ3n) is 11.0. The second-order valence-electron chi connectivity index (χ2n) is 14.4. The highest BCUT2D eigenvalue weighted by Gasteiger charge is 2.52. The molecular weight excluding hydrogens is 593 g/mol. The lowest BCUT2D eigenvalue weighted by Gasteiger charge is -2.60. The fourth-order valence-corrected chi connectivity index (χ4v) is 9.75. The number of carbonyl (C=O) groups is 1. The molecule has 1 aromatic carbocycles. The van der Waals surface area contributed by atoms with Crippen LogP contribution in [-0.2, 0) is 6.42 Å². The summed E-state index contributed by atoms with van der Waals surface area (Å²) in [5.41, 5.74) is 7.14. The summed E-state index contributed by atoms with van der Waals surface area (Å²) in [5, 5.41) is 25.9. The van der Waals surface area contributed by atoms with Gasteiger partial charge in [-0.25, -0.2) is 0 Å². The van der Waals surface area contributed by atoms with Crippen molar-refractivity contribution >= 4 is 22.9 Å². The molecule has 46 heavy (non-hydrogen) atoms. The molecule has 2 aliphatic carbocycles. The molecule has 0 radical (unpaired) electrons. The highest BCUT2D eigenvalue weighted by atomic mass is 32.1. The minimum Gasteiger partial charge on any atom is -0.370 e. The van der Waals surface area contributed by atoms with Crippen LogP contribution in [0.1, 0.15) is 113 Å². The zero-order valence-electron chi connectivity index (χ0n) is 27.3. The van der Waals surface area contributed by atoms with Crippen LogP contribution in [0.3, 0.4) is 0 Å². The Labute approximate surface area is 275 Å². The Morgan fingerprint density at radius 3 is 2.46 bits per heavy atom. The van der Waals surface area contributed by atoms with Gasteiger partial charge in [-0.2, -0.15) is 5.10 Å². The summed E-state index contributed by atoms with van der Waals surface area (Å²) in [4.78, 5) is 16.5. The first-order valence-corrected chi connectivity index (χ1v) is 17.9. The molecule has 0 bridgehead atoms. The highest BCUT2D eigenvalue weighted by Crippen LogP contribution is 2.54. The van der Waals surface area contributed by atoms with Crippen molar-refractivity contribution in [2.24, 2.45) is 11.3 Å². The lowest BCUT2D eigenvalue weighted by atomic mass is 9.56. The van der Waals surface area contributed by atoms with E-state index in [-0.39, 0.29) is 24.0 Å². The number of hydrogen-bond acceptors (Lipinski definition) is 8. The number of benzene rings is 1. The number of hydrogen-bond donors (Lipinski definition) is 2. The topological polar surface area (TPSA) is 101 Å². The van der Waals surface area contributed by atoms with E-state index < -0.39 is 0 Å². The summed E-state index contributed by atoms with van der Waals surface area (Å²) >= 11 is 1.84. The van der Waals surface area contributed by atoms with Crippen LogP contribution in [0.4, 0.5) is 5.69 Å². The maximum absolute atomic E-state index is 12.6. The van der Waals surface area contributed by atoms with E-state index in [9.17, 15) is 4.79 Å². The Morgan fingerprint density at radius 2 is 1.74 bits per heavy atom. The third-order valence-corrected chi connectivity index (χ3v) is 12.2. The minimum atomic E-state index is -0.0852. The summed E-state index contributed by atoms with van der Waals surface area (Å²) in [6, 6.07) is 13.5. The molecule has 2 unspecified atom stereocenters. The van der Waals surface area contributed by atoms with Gasteiger partial charge in [0.1, 0.15) is 10.8 Å². The average Bonchev–Trinajstić information content (AvgIpc) is 3.51. The smallest absolute Gasteiger partial charge is 0.272 e. The van der Waals surface area contributed by atoms with Crippen molar-refractivity contribution < 1.29 is 4.79 Å². The van der Waals surface area contributed by atoms with Crippen molar-refractivity contribution in [3.05, 3.63) is 81.0 Å². The minimum absolute atomic E-state index is 0.0849. The van der Waals surface area contributed by atoms with Gasteiger partial charge in [0.2, 0.25) is 0 Å². The van der Waals surface area contributed by atoms with E-state index in [1.54, 1.807) is 0 Å². The van der Waals surface area contributed by atoms with Gasteiger partial charge in [0.15, 0.2) is 11.5 Å². The first-order valence-electron chi connectivity index (χ1n) is 17.0. The van der Waals surface area contributed by atoms with Crippen LogP contribution in [0.5, 0.6) is 0 Å². The maximum Gasteiger partial charge on any atom is 0.272 e.